The number of hydrogen-bond donors (Lipinski definition) is 2. The number of pyridine rings is 1. The third-order valence-corrected chi connectivity index (χ3v) is 2.42. The van der Waals surface area contributed by atoms with E-state index in [4.69, 9.17) is 5.11 Å². The predicted octanol–water partition coefficient (Wildman–Crippen LogP) is 0.381. The lowest BCUT2D eigenvalue weighted by Crippen LogP contribution is -2.29. The van der Waals surface area contributed by atoms with E-state index in [0.717, 1.165) is 0 Å². The van der Waals surface area contributed by atoms with E-state index in [0.29, 0.717) is 11.5 Å². The number of carbonyl (C=O) groups is 2. The van der Waals surface area contributed by atoms with Crippen molar-refractivity contribution in [3.8, 4) is 0 Å². The highest BCUT2D eigenvalue weighted by atomic mass is 16.4. The van der Waals surface area contributed by atoms with Crippen LogP contribution in [0.25, 0.3) is 5.65 Å². The fourth-order valence-electron chi connectivity index (χ4n) is 1.65. The van der Waals surface area contributed by atoms with Crippen molar-refractivity contribution in [1.82, 2.24) is 19.9 Å². The van der Waals surface area contributed by atoms with Crippen LogP contribution in [0.4, 0.5) is 0 Å². The molecule has 0 radical (unpaired) electrons. The van der Waals surface area contributed by atoms with Crippen molar-refractivity contribution in [1.29, 1.82) is 0 Å². The van der Waals surface area contributed by atoms with Crippen molar-refractivity contribution in [2.45, 2.75) is 19.4 Å². The maximum absolute atomic E-state index is 11.3. The van der Waals surface area contributed by atoms with Gasteiger partial charge in [-0.15, -0.1) is 10.2 Å². The summed E-state index contributed by atoms with van der Waals surface area (Å²) in [6.45, 7) is 1.73. The molecule has 1 atom stereocenters. The van der Waals surface area contributed by atoms with E-state index < -0.39 is 24.3 Å². The van der Waals surface area contributed by atoms with E-state index in [-0.39, 0.29) is 0 Å². The lowest BCUT2D eigenvalue weighted by atomic mass is 10.3. The fraction of sp³-hybridized carbons (Fsp3) is 0.273. The lowest BCUT2D eigenvalue weighted by Gasteiger charge is -2.11. The van der Waals surface area contributed by atoms with Crippen LogP contribution in [-0.2, 0) is 9.59 Å². The molecule has 0 aliphatic rings. The van der Waals surface area contributed by atoms with E-state index >= 15 is 0 Å². The molecule has 18 heavy (non-hydrogen) atoms. The SMILES string of the molecule is CC(NC(=O)CC(=O)O)c1nnc2ccccn12. The highest BCUT2D eigenvalue weighted by Crippen LogP contribution is 2.11. The number of nitrogens with one attached hydrogen (secondary N) is 1. The Morgan fingerprint density at radius 3 is 2.94 bits per heavy atom. The molecule has 7 nitrogen and oxygen atoms in total. The molecule has 2 rings (SSSR count). The van der Waals surface area contributed by atoms with E-state index in [9.17, 15) is 9.59 Å². The molecular formula is C11H12N4O3. The summed E-state index contributed by atoms with van der Waals surface area (Å²) in [6, 6.07) is 5.05. The predicted molar refractivity (Wildman–Crippen MR) is 61.8 cm³/mol. The molecule has 0 aliphatic carbocycles. The van der Waals surface area contributed by atoms with E-state index in [2.05, 4.69) is 15.5 Å². The standard InChI is InChI=1S/C11H12N4O3/c1-7(12-9(16)6-10(17)18)11-14-13-8-4-2-3-5-15(8)11/h2-5,7H,6H2,1H3,(H,12,16)(H,17,18). The van der Waals surface area contributed by atoms with E-state index in [1.165, 1.54) is 0 Å². The van der Waals surface area contributed by atoms with Gasteiger partial charge in [0.25, 0.3) is 0 Å². The van der Waals surface area contributed by atoms with Crippen molar-refractivity contribution in [3.05, 3.63) is 30.2 Å². The summed E-state index contributed by atoms with van der Waals surface area (Å²) in [5.41, 5.74) is 0.673. The molecule has 1 amide bonds. The van der Waals surface area contributed by atoms with Crippen molar-refractivity contribution >= 4 is 17.5 Å². The van der Waals surface area contributed by atoms with Gasteiger partial charge in [-0.05, 0) is 19.1 Å². The maximum atomic E-state index is 11.3. The Labute approximate surface area is 102 Å². The van der Waals surface area contributed by atoms with Crippen LogP contribution in [0.1, 0.15) is 25.2 Å². The molecule has 2 aromatic rings. The summed E-state index contributed by atoms with van der Waals surface area (Å²) in [6.07, 6.45) is 1.23. The van der Waals surface area contributed by atoms with Crippen LogP contribution in [0.5, 0.6) is 0 Å². The normalized spacial score (nSPS) is 12.3. The number of carboxylic acids is 1. The zero-order valence-corrected chi connectivity index (χ0v) is 9.70. The largest absolute Gasteiger partial charge is 0.481 e. The first-order valence-electron chi connectivity index (χ1n) is 5.38. The van der Waals surface area contributed by atoms with Crippen molar-refractivity contribution in [2.24, 2.45) is 0 Å². The summed E-state index contributed by atoms with van der Waals surface area (Å²) >= 11 is 0. The summed E-state index contributed by atoms with van der Waals surface area (Å²) in [7, 11) is 0. The average molecular weight is 248 g/mol. The molecule has 0 saturated heterocycles. The maximum Gasteiger partial charge on any atom is 0.312 e. The van der Waals surface area contributed by atoms with Gasteiger partial charge in [0.1, 0.15) is 6.42 Å². The lowest BCUT2D eigenvalue weighted by molar-refractivity contribution is -0.140. The minimum absolute atomic E-state index is 0.408. The minimum atomic E-state index is -1.16. The first-order valence-corrected chi connectivity index (χ1v) is 5.38. The van der Waals surface area contributed by atoms with Crippen molar-refractivity contribution in [2.75, 3.05) is 0 Å². The van der Waals surface area contributed by atoms with Crippen molar-refractivity contribution in [3.63, 3.8) is 0 Å². The zero-order chi connectivity index (χ0) is 13.1. The number of aromatic nitrogens is 3. The monoisotopic (exact) mass is 248 g/mol. The second-order valence-corrected chi connectivity index (χ2v) is 3.85. The number of carbonyl (C=O) groups excluding carboxylic acids is 1. The Morgan fingerprint density at radius 2 is 2.22 bits per heavy atom. The zero-order valence-electron chi connectivity index (χ0n) is 9.70. The van der Waals surface area contributed by atoms with Gasteiger partial charge in [0, 0.05) is 6.20 Å². The second-order valence-electron chi connectivity index (χ2n) is 3.85. The van der Waals surface area contributed by atoms with Crippen LogP contribution in [0.3, 0.4) is 0 Å². The van der Waals surface area contributed by atoms with Crippen molar-refractivity contribution < 1.29 is 14.7 Å². The number of aliphatic carboxylic acids is 1. The van der Waals surface area contributed by atoms with E-state index in [1.54, 1.807) is 23.6 Å². The smallest absolute Gasteiger partial charge is 0.312 e. The summed E-state index contributed by atoms with van der Waals surface area (Å²) < 4.78 is 1.74. The molecule has 0 spiro atoms. The molecule has 0 aliphatic heterocycles. The number of carboxylic acid groups (broad SMARTS) is 1. The number of rotatable bonds is 4. The Morgan fingerprint density at radius 1 is 1.44 bits per heavy atom. The van der Waals surface area contributed by atoms with Crippen LogP contribution >= 0.6 is 0 Å². The van der Waals surface area contributed by atoms with Gasteiger partial charge in [0.05, 0.1) is 6.04 Å². The molecule has 2 heterocycles. The molecule has 0 saturated carbocycles. The van der Waals surface area contributed by atoms with Gasteiger partial charge in [0.15, 0.2) is 11.5 Å². The van der Waals surface area contributed by atoms with Crippen LogP contribution < -0.4 is 5.32 Å². The van der Waals surface area contributed by atoms with Gasteiger partial charge < -0.3 is 10.4 Å². The average Bonchev–Trinajstić information content (AvgIpc) is 2.71. The molecule has 0 aromatic carbocycles. The second kappa shape index (κ2) is 4.82. The van der Waals surface area contributed by atoms with Gasteiger partial charge in [-0.2, -0.15) is 0 Å². The Kier molecular flexibility index (Phi) is 3.22. The van der Waals surface area contributed by atoms with Gasteiger partial charge >= 0.3 is 5.97 Å². The highest BCUT2D eigenvalue weighted by Gasteiger charge is 2.16. The Bertz CT molecular complexity index is 593. The van der Waals surface area contributed by atoms with Gasteiger partial charge in [-0.3, -0.25) is 14.0 Å². The van der Waals surface area contributed by atoms with Crippen LogP contribution in [0.15, 0.2) is 24.4 Å². The summed E-state index contributed by atoms with van der Waals surface area (Å²) in [5.74, 6) is -1.15. The topological polar surface area (TPSA) is 96.6 Å². The third-order valence-electron chi connectivity index (χ3n) is 2.42. The molecule has 2 N–H and O–H groups in total. The number of nitrogens with zero attached hydrogens (tertiary/aromatic N) is 3. The minimum Gasteiger partial charge on any atom is -0.481 e. The number of amides is 1. The first-order chi connectivity index (χ1) is 8.58. The van der Waals surface area contributed by atoms with Gasteiger partial charge in [-0.25, -0.2) is 0 Å². The Balaban J connectivity index is 2.16. The molecule has 0 fully saturated rings. The molecule has 2 aromatic heterocycles. The molecule has 0 bridgehead atoms. The highest BCUT2D eigenvalue weighted by molar-refractivity contribution is 5.93. The quantitative estimate of drug-likeness (QED) is 0.762. The Hall–Kier alpha value is -2.44. The fourth-order valence-corrected chi connectivity index (χ4v) is 1.65. The van der Waals surface area contributed by atoms with Crippen LogP contribution in [0.2, 0.25) is 0 Å². The third kappa shape index (κ3) is 2.45. The molecule has 94 valence electrons. The number of hydrogen-bond acceptors (Lipinski definition) is 4. The molecular weight excluding hydrogens is 236 g/mol. The summed E-state index contributed by atoms with van der Waals surface area (Å²) in [4.78, 5) is 21.7. The first kappa shape index (κ1) is 12.0. The molecule has 7 heteroatoms. The molecule has 1 unspecified atom stereocenters. The summed E-state index contributed by atoms with van der Waals surface area (Å²) in [5, 5.41) is 19.0. The van der Waals surface area contributed by atoms with Crippen LogP contribution in [0, 0.1) is 0 Å². The number of fused-ring (bicyclic) bond motifs is 1. The van der Waals surface area contributed by atoms with Crippen LogP contribution in [-0.4, -0.2) is 31.6 Å². The van der Waals surface area contributed by atoms with E-state index in [1.807, 2.05) is 12.1 Å². The van der Waals surface area contributed by atoms with Gasteiger partial charge in [0.2, 0.25) is 5.91 Å². The van der Waals surface area contributed by atoms with Gasteiger partial charge in [-0.1, -0.05) is 6.07 Å².